The summed E-state index contributed by atoms with van der Waals surface area (Å²) < 4.78 is 68.8. The molecule has 13 heteroatoms. The van der Waals surface area contributed by atoms with Crippen LogP contribution in [0.1, 0.15) is 85.8 Å². The number of hydrogen-bond donors (Lipinski definition) is 2. The monoisotopic (exact) mass is 612 g/mol. The van der Waals surface area contributed by atoms with Gasteiger partial charge in [-0.3, -0.25) is 19.7 Å². The van der Waals surface area contributed by atoms with Crippen LogP contribution in [0.4, 0.5) is 13.2 Å². The molecule has 2 aromatic heterocycles. The van der Waals surface area contributed by atoms with E-state index in [-0.39, 0.29) is 48.0 Å². The first-order valence-electron chi connectivity index (χ1n) is 14.3. The Morgan fingerprint density at radius 1 is 1.17 bits per heavy atom. The van der Waals surface area contributed by atoms with Crippen LogP contribution in [0, 0.1) is 17.8 Å². The fraction of sp³-hybridized carbons (Fsp3) is 0.621. The standard InChI is InChI=1S/C29H39F3N4O5S/c1-4-42(39,40)23-9-10-24(33-13-23)25(16-41-17-37)35-28(38)20-11-21-15-36(27(18(2)3)26(21)34-12-20)14-19-5-7-22(8-6-19)29(30,31)32/h9-13,18-19,22,25,27,37H,4-8,14-17H2,1-3H3,(H,35,38)/t19?,22?,25-,27-/m0/s1. The van der Waals surface area contributed by atoms with Crippen molar-refractivity contribution in [2.75, 3.05) is 25.7 Å². The molecule has 4 rings (SSSR count). The maximum Gasteiger partial charge on any atom is 0.391 e. The summed E-state index contributed by atoms with van der Waals surface area (Å²) in [5, 5.41) is 12.0. The molecule has 1 amide bonds. The van der Waals surface area contributed by atoms with Gasteiger partial charge in [-0.2, -0.15) is 13.2 Å². The Bertz CT molecular complexity index is 1330. The number of nitrogens with zero attached hydrogens (tertiary/aromatic N) is 3. The second-order valence-electron chi connectivity index (χ2n) is 11.5. The van der Waals surface area contributed by atoms with E-state index < -0.39 is 40.7 Å². The molecule has 0 saturated heterocycles. The van der Waals surface area contributed by atoms with Gasteiger partial charge in [0.1, 0.15) is 6.79 Å². The van der Waals surface area contributed by atoms with Crippen LogP contribution in [0.3, 0.4) is 0 Å². The van der Waals surface area contributed by atoms with E-state index in [0.29, 0.717) is 37.2 Å². The quantitative estimate of drug-likeness (QED) is 0.354. The van der Waals surface area contributed by atoms with Crippen molar-refractivity contribution in [2.45, 2.75) is 76.2 Å². The minimum atomic E-state index is -4.13. The lowest BCUT2D eigenvalue weighted by Crippen LogP contribution is -2.35. The molecule has 2 aliphatic rings. The summed E-state index contributed by atoms with van der Waals surface area (Å²) in [6, 6.07) is 3.96. The summed E-state index contributed by atoms with van der Waals surface area (Å²) in [6.07, 6.45) is 0.0251. The van der Waals surface area contributed by atoms with E-state index in [1.807, 2.05) is 0 Å². The molecular weight excluding hydrogens is 573 g/mol. The number of alkyl halides is 3. The number of amides is 1. The molecule has 0 unspecified atom stereocenters. The van der Waals surface area contributed by atoms with E-state index in [1.165, 1.54) is 31.5 Å². The molecule has 0 bridgehead atoms. The lowest BCUT2D eigenvalue weighted by molar-refractivity contribution is -0.184. The molecule has 0 aromatic carbocycles. The van der Waals surface area contributed by atoms with E-state index in [2.05, 4.69) is 34.0 Å². The van der Waals surface area contributed by atoms with Gasteiger partial charge < -0.3 is 15.2 Å². The zero-order chi connectivity index (χ0) is 30.7. The second-order valence-corrected chi connectivity index (χ2v) is 13.8. The SMILES string of the molecule is CCS(=O)(=O)c1ccc([C@H](COCO)NC(=O)c2cnc3c(c2)CN(CC2CCC(C(F)(F)F)CC2)[C@H]3C(C)C)nc1. The molecule has 1 aliphatic carbocycles. The van der Waals surface area contributed by atoms with Crippen molar-refractivity contribution in [3.63, 3.8) is 0 Å². The maximum atomic E-state index is 13.3. The maximum absolute atomic E-state index is 13.3. The van der Waals surface area contributed by atoms with Crippen molar-refractivity contribution < 1.29 is 36.2 Å². The number of nitrogens with one attached hydrogen (secondary N) is 1. The van der Waals surface area contributed by atoms with Crippen molar-refractivity contribution in [3.8, 4) is 0 Å². The molecule has 3 heterocycles. The van der Waals surface area contributed by atoms with Crippen LogP contribution in [0.15, 0.2) is 35.5 Å². The third-order valence-corrected chi connectivity index (χ3v) is 10.0. The van der Waals surface area contributed by atoms with Gasteiger partial charge in [0.05, 0.1) is 52.2 Å². The predicted octanol–water partition coefficient (Wildman–Crippen LogP) is 4.59. The number of hydrogen-bond acceptors (Lipinski definition) is 8. The van der Waals surface area contributed by atoms with Crippen molar-refractivity contribution >= 4 is 15.7 Å². The average Bonchev–Trinajstić information content (AvgIpc) is 3.32. The Kier molecular flexibility index (Phi) is 10.3. The molecule has 42 heavy (non-hydrogen) atoms. The largest absolute Gasteiger partial charge is 0.391 e. The Labute approximate surface area is 244 Å². The molecular formula is C29H39F3N4O5S. The summed E-state index contributed by atoms with van der Waals surface area (Å²) in [6.45, 7) is 6.29. The van der Waals surface area contributed by atoms with Crippen LogP contribution in [-0.2, 0) is 21.1 Å². The average molecular weight is 613 g/mol. The molecule has 9 nitrogen and oxygen atoms in total. The molecule has 1 aliphatic heterocycles. The number of pyridine rings is 2. The van der Waals surface area contributed by atoms with Crippen LogP contribution < -0.4 is 5.32 Å². The van der Waals surface area contributed by atoms with E-state index in [0.717, 1.165) is 11.3 Å². The molecule has 1 fully saturated rings. The number of aliphatic hydroxyl groups excluding tert-OH is 1. The Hall–Kier alpha value is -2.61. The summed E-state index contributed by atoms with van der Waals surface area (Å²) in [4.78, 5) is 24.5. The topological polar surface area (TPSA) is 122 Å². The fourth-order valence-electron chi connectivity index (χ4n) is 6.01. The third kappa shape index (κ3) is 7.47. The number of carbonyl (C=O) groups is 1. The van der Waals surface area contributed by atoms with Crippen LogP contribution in [0.25, 0.3) is 0 Å². The van der Waals surface area contributed by atoms with E-state index in [1.54, 1.807) is 6.07 Å². The number of carbonyl (C=O) groups excluding carboxylic acids is 1. The number of sulfone groups is 1. The van der Waals surface area contributed by atoms with Crippen LogP contribution in [0.5, 0.6) is 0 Å². The van der Waals surface area contributed by atoms with Gasteiger partial charge in [0.25, 0.3) is 5.91 Å². The number of rotatable bonds is 11. The summed E-state index contributed by atoms with van der Waals surface area (Å²) in [5.74, 6) is -1.32. The normalized spacial score (nSPS) is 22.2. The first-order chi connectivity index (χ1) is 19.8. The van der Waals surface area contributed by atoms with Gasteiger partial charge in [-0.1, -0.05) is 20.8 Å². The van der Waals surface area contributed by atoms with Gasteiger partial charge in [-0.15, -0.1) is 0 Å². The van der Waals surface area contributed by atoms with Crippen LogP contribution >= 0.6 is 0 Å². The second kappa shape index (κ2) is 13.4. The van der Waals surface area contributed by atoms with Gasteiger partial charge >= 0.3 is 6.18 Å². The molecule has 232 valence electrons. The molecule has 0 spiro atoms. The van der Waals surface area contributed by atoms with Crippen molar-refractivity contribution in [3.05, 3.63) is 53.1 Å². The molecule has 2 atom stereocenters. The summed E-state index contributed by atoms with van der Waals surface area (Å²) in [5.41, 5.74) is 2.47. The molecule has 2 N–H and O–H groups in total. The van der Waals surface area contributed by atoms with Crippen molar-refractivity contribution in [1.29, 1.82) is 0 Å². The van der Waals surface area contributed by atoms with E-state index >= 15 is 0 Å². The van der Waals surface area contributed by atoms with Crippen LogP contribution in [0.2, 0.25) is 0 Å². The third-order valence-electron chi connectivity index (χ3n) is 8.28. The highest BCUT2D eigenvalue weighted by Crippen LogP contribution is 2.43. The molecule has 2 aromatic rings. The van der Waals surface area contributed by atoms with E-state index in [9.17, 15) is 26.4 Å². The highest BCUT2D eigenvalue weighted by Gasteiger charge is 2.42. The van der Waals surface area contributed by atoms with Gasteiger partial charge in [-0.25, -0.2) is 8.42 Å². The van der Waals surface area contributed by atoms with Crippen LogP contribution in [-0.4, -0.2) is 66.2 Å². The zero-order valence-electron chi connectivity index (χ0n) is 24.1. The smallest absolute Gasteiger partial charge is 0.371 e. The van der Waals surface area contributed by atoms with Gasteiger partial charge in [0.2, 0.25) is 0 Å². The minimum Gasteiger partial charge on any atom is -0.371 e. The lowest BCUT2D eigenvalue weighted by Gasteiger charge is -2.35. The first-order valence-corrected chi connectivity index (χ1v) is 16.0. The number of halogens is 3. The fourth-order valence-corrected chi connectivity index (χ4v) is 6.83. The number of aliphatic hydroxyl groups is 1. The number of aromatic nitrogens is 2. The molecule has 0 radical (unpaired) electrons. The first kappa shape index (κ1) is 32.3. The van der Waals surface area contributed by atoms with Gasteiger partial charge in [0.15, 0.2) is 9.84 Å². The highest BCUT2D eigenvalue weighted by molar-refractivity contribution is 7.91. The van der Waals surface area contributed by atoms with Gasteiger partial charge in [0, 0.05) is 25.5 Å². The summed E-state index contributed by atoms with van der Waals surface area (Å²) >= 11 is 0. The van der Waals surface area contributed by atoms with E-state index in [4.69, 9.17) is 9.84 Å². The minimum absolute atomic E-state index is 0.00488. The lowest BCUT2D eigenvalue weighted by atomic mass is 9.81. The van der Waals surface area contributed by atoms with Gasteiger partial charge in [-0.05, 0) is 61.3 Å². The highest BCUT2D eigenvalue weighted by atomic mass is 32.2. The molecule has 1 saturated carbocycles. The number of ether oxygens (including phenoxy) is 1. The Morgan fingerprint density at radius 2 is 1.88 bits per heavy atom. The number of fused-ring (bicyclic) bond motifs is 1. The summed E-state index contributed by atoms with van der Waals surface area (Å²) in [7, 11) is -3.44. The van der Waals surface area contributed by atoms with Crippen molar-refractivity contribution in [1.82, 2.24) is 20.2 Å². The Morgan fingerprint density at radius 3 is 2.45 bits per heavy atom. The zero-order valence-corrected chi connectivity index (χ0v) is 24.9. The van der Waals surface area contributed by atoms with Crippen molar-refractivity contribution in [2.24, 2.45) is 17.8 Å². The predicted molar refractivity (Wildman–Crippen MR) is 149 cm³/mol. The Balaban J connectivity index is 1.47.